The minimum Gasteiger partial charge on any atom is -0.489 e. The van der Waals surface area contributed by atoms with Crippen LogP contribution in [-0.2, 0) is 4.79 Å². The first-order valence-electron chi connectivity index (χ1n) is 16.6. The first-order valence-corrected chi connectivity index (χ1v) is 18.4. The van der Waals surface area contributed by atoms with E-state index in [1.54, 1.807) is 29.6 Å². The molecule has 12 heteroatoms. The van der Waals surface area contributed by atoms with Gasteiger partial charge in [0.05, 0.1) is 16.1 Å². The van der Waals surface area contributed by atoms with E-state index in [0.717, 1.165) is 50.8 Å². The van der Waals surface area contributed by atoms with Crippen LogP contribution in [0.2, 0.25) is 5.02 Å². The number of amides is 3. The number of unbranched alkanes of at least 4 members (excludes halogenated alkanes) is 5. The van der Waals surface area contributed by atoms with Gasteiger partial charge in [-0.1, -0.05) is 65.0 Å². The highest BCUT2D eigenvalue weighted by molar-refractivity contribution is 7.14. The average molecular weight is 727 g/mol. The Kier molecular flexibility index (Phi) is 13.4. The van der Waals surface area contributed by atoms with Gasteiger partial charge in [-0.15, -0.1) is 22.9 Å². The number of hydrogen-bond donors (Lipinski definition) is 4. The molecule has 1 saturated carbocycles. The predicted molar refractivity (Wildman–Crippen MR) is 198 cm³/mol. The van der Waals surface area contributed by atoms with Gasteiger partial charge in [-0.05, 0) is 60.7 Å². The van der Waals surface area contributed by atoms with Crippen LogP contribution in [0.1, 0.15) is 92.5 Å². The van der Waals surface area contributed by atoms with E-state index < -0.39 is 0 Å². The second-order valence-corrected chi connectivity index (χ2v) is 15.1. The Hall–Kier alpha value is -3.78. The van der Waals surface area contributed by atoms with Gasteiger partial charge in [-0.25, -0.2) is 0 Å². The van der Waals surface area contributed by atoms with Gasteiger partial charge < -0.3 is 26.0 Å². The van der Waals surface area contributed by atoms with E-state index >= 15 is 0 Å². The van der Waals surface area contributed by atoms with Crippen molar-refractivity contribution in [2.75, 3.05) is 29.6 Å². The van der Waals surface area contributed by atoms with Crippen molar-refractivity contribution in [3.05, 3.63) is 75.6 Å². The number of nitriles is 1. The predicted octanol–water partition coefficient (Wildman–Crippen LogP) is 8.24. The number of ether oxygens (including phenoxy) is 1. The van der Waals surface area contributed by atoms with Crippen LogP contribution in [0.5, 0.6) is 5.75 Å². The van der Waals surface area contributed by atoms with Gasteiger partial charge in [0.2, 0.25) is 5.91 Å². The van der Waals surface area contributed by atoms with Gasteiger partial charge in [-0.2, -0.15) is 5.26 Å². The third-order valence-corrected chi connectivity index (χ3v) is 10.5. The van der Waals surface area contributed by atoms with Gasteiger partial charge in [-0.3, -0.25) is 14.4 Å². The topological polar surface area (TPSA) is 132 Å². The number of carbonyl (C=O) groups excluding carboxylic acids is 3. The van der Waals surface area contributed by atoms with Crippen molar-refractivity contribution in [1.29, 1.82) is 5.26 Å². The maximum Gasteiger partial charge on any atom is 0.254 e. The van der Waals surface area contributed by atoms with Crippen molar-refractivity contribution < 1.29 is 19.1 Å². The number of carbonyl (C=O) groups is 3. The Morgan fingerprint density at radius 3 is 2.18 bits per heavy atom. The highest BCUT2D eigenvalue weighted by Gasteiger charge is 2.64. The normalized spacial score (nSPS) is 17.2. The molecule has 0 atom stereocenters. The third kappa shape index (κ3) is 9.68. The fraction of sp³-hybridized carbons (Fsp3) is 0.459. The second-order valence-electron chi connectivity index (χ2n) is 13.5. The second kappa shape index (κ2) is 17.2. The van der Waals surface area contributed by atoms with E-state index in [2.05, 4.69) is 55.0 Å². The number of nitrogens with one attached hydrogen (secondary N) is 4. The van der Waals surface area contributed by atoms with Crippen molar-refractivity contribution in [2.45, 2.75) is 78.4 Å². The van der Waals surface area contributed by atoms with Gasteiger partial charge >= 0.3 is 0 Å². The molecule has 9 nitrogen and oxygen atoms in total. The molecule has 0 saturated heterocycles. The lowest BCUT2D eigenvalue weighted by atomic mass is 9.49. The molecule has 49 heavy (non-hydrogen) atoms. The Labute approximate surface area is 303 Å². The summed E-state index contributed by atoms with van der Waals surface area (Å²) in [6, 6.07) is 16.3. The Morgan fingerprint density at radius 2 is 1.55 bits per heavy atom. The summed E-state index contributed by atoms with van der Waals surface area (Å²) in [5, 5.41) is 24.1. The molecule has 0 aliphatic heterocycles. The third-order valence-electron chi connectivity index (χ3n) is 9.08. The number of rotatable bonds is 17. The van der Waals surface area contributed by atoms with E-state index in [1.165, 1.54) is 11.3 Å². The molecule has 262 valence electrons. The number of thiophene rings is 1. The molecule has 1 aliphatic rings. The zero-order valence-corrected chi connectivity index (χ0v) is 30.8. The molecule has 0 spiro atoms. The molecule has 3 aromatic rings. The molecule has 4 N–H and O–H groups in total. The lowest BCUT2D eigenvalue weighted by Crippen LogP contribution is -2.74. The van der Waals surface area contributed by atoms with Crippen molar-refractivity contribution in [1.82, 2.24) is 10.6 Å². The molecule has 1 aliphatic carbocycles. The SMILES string of the molecule is CC1(C)C(NC(=O)c2ccc(NCCCCCCCCNC(=O)c3ccsc3NC(=O)CCl)cc2)C(C)(C)C1Oc1ccc(C#N)c(Cl)c1. The lowest BCUT2D eigenvalue weighted by molar-refractivity contribution is -0.164. The summed E-state index contributed by atoms with van der Waals surface area (Å²) in [4.78, 5) is 37.2. The van der Waals surface area contributed by atoms with E-state index in [4.69, 9.17) is 33.2 Å². The monoisotopic (exact) mass is 725 g/mol. The summed E-state index contributed by atoms with van der Waals surface area (Å²) in [6.07, 6.45) is 6.13. The minimum absolute atomic E-state index is 0.112. The van der Waals surface area contributed by atoms with Gasteiger partial charge in [0, 0.05) is 47.3 Å². The molecule has 0 bridgehead atoms. The average Bonchev–Trinajstić information content (AvgIpc) is 3.54. The highest BCUT2D eigenvalue weighted by Crippen LogP contribution is 2.55. The molecule has 4 rings (SSSR count). The summed E-state index contributed by atoms with van der Waals surface area (Å²) in [5.74, 6) is -0.197. The van der Waals surface area contributed by atoms with E-state index in [-0.39, 0.29) is 46.6 Å². The standard InChI is InChI=1S/C37H45Cl2N5O4S/c1-36(2)34(37(3,4)35(36)48-27-16-13-25(23-40)29(39)21-27)44-31(46)24-11-14-26(15-12-24)41-18-9-7-5-6-8-10-19-42-32(47)28-17-20-49-33(28)43-30(45)22-38/h11-17,20-21,34-35,41H,5-10,18-19,22H2,1-4H3,(H,42,47)(H,43,45)(H,44,46). The van der Waals surface area contributed by atoms with Gasteiger partial charge in [0.25, 0.3) is 11.8 Å². The Morgan fingerprint density at radius 1 is 0.898 bits per heavy atom. The number of alkyl halides is 1. The maximum atomic E-state index is 13.2. The fourth-order valence-corrected chi connectivity index (χ4v) is 7.86. The summed E-state index contributed by atoms with van der Waals surface area (Å²) >= 11 is 13.0. The maximum absolute atomic E-state index is 13.2. The van der Waals surface area contributed by atoms with E-state index in [1.807, 2.05) is 24.3 Å². The van der Waals surface area contributed by atoms with E-state index in [0.29, 0.717) is 39.0 Å². The molecule has 1 aromatic heterocycles. The molecule has 1 fully saturated rings. The van der Waals surface area contributed by atoms with Crippen LogP contribution in [-0.4, -0.2) is 48.8 Å². The summed E-state index contributed by atoms with van der Waals surface area (Å²) in [5.41, 5.74) is 1.77. The number of benzene rings is 2. The van der Waals surface area contributed by atoms with E-state index in [9.17, 15) is 14.4 Å². The molecular weight excluding hydrogens is 681 g/mol. The van der Waals surface area contributed by atoms with Gasteiger partial charge in [0.1, 0.15) is 28.8 Å². The highest BCUT2D eigenvalue weighted by atomic mass is 35.5. The van der Waals surface area contributed by atoms with Crippen molar-refractivity contribution in [3.8, 4) is 11.8 Å². The van der Waals surface area contributed by atoms with Crippen LogP contribution < -0.4 is 26.0 Å². The van der Waals surface area contributed by atoms with Crippen molar-refractivity contribution in [3.63, 3.8) is 0 Å². The van der Waals surface area contributed by atoms with Crippen LogP contribution >= 0.6 is 34.5 Å². The molecule has 0 unspecified atom stereocenters. The number of anilines is 2. The zero-order valence-electron chi connectivity index (χ0n) is 28.5. The number of nitrogens with zero attached hydrogens (tertiary/aromatic N) is 1. The number of halogens is 2. The summed E-state index contributed by atoms with van der Waals surface area (Å²) < 4.78 is 6.33. The smallest absolute Gasteiger partial charge is 0.254 e. The fourth-order valence-electron chi connectivity index (χ4n) is 6.78. The molecular formula is C37H45Cl2N5O4S. The van der Waals surface area contributed by atoms with Crippen molar-refractivity contribution in [2.24, 2.45) is 10.8 Å². The van der Waals surface area contributed by atoms with Crippen molar-refractivity contribution >= 4 is 62.9 Å². The molecule has 0 radical (unpaired) electrons. The minimum atomic E-state index is -0.336. The summed E-state index contributed by atoms with van der Waals surface area (Å²) in [6.45, 7) is 9.78. The zero-order chi connectivity index (χ0) is 35.6. The van der Waals surface area contributed by atoms with Crippen LogP contribution in [0.3, 0.4) is 0 Å². The Balaban J connectivity index is 1.10. The largest absolute Gasteiger partial charge is 0.489 e. The van der Waals surface area contributed by atoms with Crippen LogP contribution in [0.4, 0.5) is 10.7 Å². The quantitative estimate of drug-likeness (QED) is 0.0819. The molecule has 1 heterocycles. The molecule has 3 amide bonds. The molecule has 2 aromatic carbocycles. The lowest BCUT2D eigenvalue weighted by Gasteiger charge is -2.63. The van der Waals surface area contributed by atoms with Crippen LogP contribution in [0, 0.1) is 22.2 Å². The Bertz CT molecular complexity index is 1630. The first kappa shape index (κ1) is 38.0. The van der Waals surface area contributed by atoms with Crippen LogP contribution in [0.25, 0.3) is 0 Å². The summed E-state index contributed by atoms with van der Waals surface area (Å²) in [7, 11) is 0. The number of hydrogen-bond acceptors (Lipinski definition) is 7. The van der Waals surface area contributed by atoms with Gasteiger partial charge in [0.15, 0.2) is 0 Å². The van der Waals surface area contributed by atoms with Crippen LogP contribution in [0.15, 0.2) is 53.9 Å². The first-order chi connectivity index (χ1) is 23.4.